The van der Waals surface area contributed by atoms with Crippen molar-refractivity contribution in [2.24, 2.45) is 0 Å². The van der Waals surface area contributed by atoms with Crippen LogP contribution in [0.15, 0.2) is 17.0 Å². The molecule has 12 heavy (non-hydrogen) atoms. The first kappa shape index (κ1) is 9.65. The summed E-state index contributed by atoms with van der Waals surface area (Å²) in [7, 11) is 0. The Labute approximate surface area is 81.6 Å². The molecule has 1 rings (SSSR count). The van der Waals surface area contributed by atoms with Crippen molar-refractivity contribution in [3.63, 3.8) is 0 Å². The van der Waals surface area contributed by atoms with Gasteiger partial charge in [-0.2, -0.15) is 0 Å². The zero-order valence-corrected chi connectivity index (χ0v) is 8.84. The normalized spacial score (nSPS) is 10.2. The number of unbranched alkanes of at least 4 members (excludes halogenated alkanes) is 2. The number of aryl methyl sites for hydroxylation is 1. The molecule has 1 heterocycles. The average Bonchev–Trinajstić information content (AvgIpc) is 2.09. The van der Waals surface area contributed by atoms with Gasteiger partial charge in [0, 0.05) is 6.20 Å². The van der Waals surface area contributed by atoms with Crippen molar-refractivity contribution in [2.75, 3.05) is 0 Å². The van der Waals surface area contributed by atoms with Gasteiger partial charge >= 0.3 is 0 Å². The molecule has 1 aromatic heterocycles. The highest BCUT2D eigenvalue weighted by Gasteiger charge is 1.99. The molecule has 0 aliphatic carbocycles. The predicted octanol–water partition coefficient (Wildman–Crippen LogP) is 2.97. The summed E-state index contributed by atoms with van der Waals surface area (Å²) in [5, 5.41) is 0. The molecule has 0 fully saturated rings. The molecule has 66 valence electrons. The van der Waals surface area contributed by atoms with Gasteiger partial charge in [0.05, 0.1) is 10.2 Å². The van der Waals surface area contributed by atoms with Crippen LogP contribution in [0.1, 0.15) is 31.9 Å². The van der Waals surface area contributed by atoms with E-state index in [9.17, 15) is 0 Å². The third kappa shape index (κ3) is 2.89. The van der Waals surface area contributed by atoms with Crippen LogP contribution < -0.4 is 0 Å². The summed E-state index contributed by atoms with van der Waals surface area (Å²) in [6.45, 7) is 2.20. The first-order valence-electron chi connectivity index (χ1n) is 4.29. The Morgan fingerprint density at radius 2 is 2.25 bits per heavy atom. The Hall–Kier alpha value is -0.440. The molecule has 0 saturated carbocycles. The fourth-order valence-corrected chi connectivity index (χ4v) is 1.48. The summed E-state index contributed by atoms with van der Waals surface area (Å²) in [6.07, 6.45) is 8.20. The lowest BCUT2D eigenvalue weighted by Crippen LogP contribution is -1.92. The Morgan fingerprint density at radius 1 is 1.42 bits per heavy atom. The van der Waals surface area contributed by atoms with Gasteiger partial charge in [0.2, 0.25) is 0 Å². The second kappa shape index (κ2) is 5.25. The van der Waals surface area contributed by atoms with Crippen molar-refractivity contribution in [1.29, 1.82) is 0 Å². The lowest BCUT2D eigenvalue weighted by Gasteiger charge is -2.00. The van der Waals surface area contributed by atoms with E-state index >= 15 is 0 Å². The Kier molecular flexibility index (Phi) is 4.22. The SMILES string of the molecule is CCCCCc1ncncc1Br. The molecule has 0 unspecified atom stereocenters. The monoisotopic (exact) mass is 228 g/mol. The van der Waals surface area contributed by atoms with Gasteiger partial charge in [-0.3, -0.25) is 0 Å². The minimum absolute atomic E-state index is 1.03. The minimum Gasteiger partial charge on any atom is -0.244 e. The number of halogens is 1. The van der Waals surface area contributed by atoms with Crippen LogP contribution in [0, 0.1) is 0 Å². The molecule has 2 nitrogen and oxygen atoms in total. The number of hydrogen-bond acceptors (Lipinski definition) is 2. The third-order valence-electron chi connectivity index (χ3n) is 1.76. The fraction of sp³-hybridized carbons (Fsp3) is 0.556. The summed E-state index contributed by atoms with van der Waals surface area (Å²) >= 11 is 3.42. The van der Waals surface area contributed by atoms with E-state index in [1.54, 1.807) is 12.5 Å². The van der Waals surface area contributed by atoms with Crippen LogP contribution in [0.25, 0.3) is 0 Å². The molecule has 0 aliphatic rings. The maximum Gasteiger partial charge on any atom is 0.115 e. The molecular weight excluding hydrogens is 216 g/mol. The van der Waals surface area contributed by atoms with E-state index in [2.05, 4.69) is 32.8 Å². The van der Waals surface area contributed by atoms with Gasteiger partial charge in [-0.15, -0.1) is 0 Å². The molecule has 3 heteroatoms. The molecule has 0 saturated heterocycles. The maximum absolute atomic E-state index is 4.19. The molecule has 0 aromatic carbocycles. The van der Waals surface area contributed by atoms with Crippen molar-refractivity contribution >= 4 is 15.9 Å². The smallest absolute Gasteiger partial charge is 0.115 e. The Balaban J connectivity index is 2.46. The molecule has 0 atom stereocenters. The number of rotatable bonds is 4. The highest BCUT2D eigenvalue weighted by molar-refractivity contribution is 9.10. The molecule has 0 bridgehead atoms. The second-order valence-corrected chi connectivity index (χ2v) is 3.63. The van der Waals surface area contributed by atoms with Gasteiger partial charge in [0.25, 0.3) is 0 Å². The van der Waals surface area contributed by atoms with Gasteiger partial charge in [0.15, 0.2) is 0 Å². The lowest BCUT2D eigenvalue weighted by atomic mass is 10.1. The summed E-state index contributed by atoms with van der Waals surface area (Å²) in [4.78, 5) is 8.11. The topological polar surface area (TPSA) is 25.8 Å². The first-order chi connectivity index (χ1) is 5.84. The van der Waals surface area contributed by atoms with Crippen LogP contribution in [0.2, 0.25) is 0 Å². The fourth-order valence-electron chi connectivity index (χ4n) is 1.06. The van der Waals surface area contributed by atoms with E-state index in [4.69, 9.17) is 0 Å². The van der Waals surface area contributed by atoms with Crippen LogP contribution >= 0.6 is 15.9 Å². The standard InChI is InChI=1S/C9H13BrN2/c1-2-3-4-5-9-8(10)6-11-7-12-9/h6-7H,2-5H2,1H3. The van der Waals surface area contributed by atoms with E-state index < -0.39 is 0 Å². The van der Waals surface area contributed by atoms with E-state index in [0.29, 0.717) is 0 Å². The minimum atomic E-state index is 1.03. The summed E-state index contributed by atoms with van der Waals surface area (Å²) in [5.41, 5.74) is 1.12. The van der Waals surface area contributed by atoms with Crippen molar-refractivity contribution < 1.29 is 0 Å². The first-order valence-corrected chi connectivity index (χ1v) is 5.08. The number of hydrogen-bond donors (Lipinski definition) is 0. The molecule has 0 spiro atoms. The largest absolute Gasteiger partial charge is 0.244 e. The third-order valence-corrected chi connectivity index (χ3v) is 2.42. The van der Waals surface area contributed by atoms with Crippen LogP contribution in [-0.4, -0.2) is 9.97 Å². The molecule has 0 N–H and O–H groups in total. The molecule has 0 radical (unpaired) electrons. The van der Waals surface area contributed by atoms with Crippen molar-refractivity contribution in [2.45, 2.75) is 32.6 Å². The zero-order valence-electron chi connectivity index (χ0n) is 7.26. The quantitative estimate of drug-likeness (QED) is 0.741. The molecular formula is C9H13BrN2. The number of nitrogens with zero attached hydrogens (tertiary/aromatic N) is 2. The van der Waals surface area contributed by atoms with Crippen LogP contribution in [0.3, 0.4) is 0 Å². The van der Waals surface area contributed by atoms with Crippen LogP contribution in [-0.2, 0) is 6.42 Å². The molecule has 0 aliphatic heterocycles. The Morgan fingerprint density at radius 3 is 2.92 bits per heavy atom. The van der Waals surface area contributed by atoms with Crippen molar-refractivity contribution in [1.82, 2.24) is 9.97 Å². The van der Waals surface area contributed by atoms with Crippen molar-refractivity contribution in [3.05, 3.63) is 22.7 Å². The lowest BCUT2D eigenvalue weighted by molar-refractivity contribution is 0.703. The van der Waals surface area contributed by atoms with Gasteiger partial charge in [-0.1, -0.05) is 19.8 Å². The average molecular weight is 229 g/mol. The molecule has 1 aromatic rings. The second-order valence-electron chi connectivity index (χ2n) is 2.77. The van der Waals surface area contributed by atoms with E-state index in [-0.39, 0.29) is 0 Å². The predicted molar refractivity (Wildman–Crippen MR) is 53.0 cm³/mol. The van der Waals surface area contributed by atoms with Crippen molar-refractivity contribution in [3.8, 4) is 0 Å². The zero-order chi connectivity index (χ0) is 8.81. The van der Waals surface area contributed by atoms with Gasteiger partial charge < -0.3 is 0 Å². The van der Waals surface area contributed by atoms with E-state index in [0.717, 1.165) is 16.6 Å². The highest BCUT2D eigenvalue weighted by Crippen LogP contribution is 2.14. The summed E-state index contributed by atoms with van der Waals surface area (Å²) in [5.74, 6) is 0. The van der Waals surface area contributed by atoms with Gasteiger partial charge in [0.1, 0.15) is 6.33 Å². The van der Waals surface area contributed by atoms with Crippen LogP contribution in [0.4, 0.5) is 0 Å². The van der Waals surface area contributed by atoms with E-state index in [1.165, 1.54) is 19.3 Å². The summed E-state index contributed by atoms with van der Waals surface area (Å²) < 4.78 is 1.03. The van der Waals surface area contributed by atoms with Crippen LogP contribution in [0.5, 0.6) is 0 Å². The van der Waals surface area contributed by atoms with E-state index in [1.807, 2.05) is 0 Å². The highest BCUT2D eigenvalue weighted by atomic mass is 79.9. The summed E-state index contributed by atoms with van der Waals surface area (Å²) in [6, 6.07) is 0. The Bertz CT molecular complexity index is 238. The van der Waals surface area contributed by atoms with Gasteiger partial charge in [-0.05, 0) is 28.8 Å². The van der Waals surface area contributed by atoms with Gasteiger partial charge in [-0.25, -0.2) is 9.97 Å². The molecule has 0 amide bonds. The maximum atomic E-state index is 4.19. The number of aromatic nitrogens is 2.